The lowest BCUT2D eigenvalue weighted by Gasteiger charge is -2.16. The molecule has 0 aromatic carbocycles. The van der Waals surface area contributed by atoms with Gasteiger partial charge in [-0.15, -0.1) is 0 Å². The minimum absolute atomic E-state index is 0.338. The molecular formula is C12H24N2O. The van der Waals surface area contributed by atoms with E-state index in [1.54, 1.807) is 0 Å². The Hall–Kier alpha value is -0.570. The standard InChI is InChI=1S/C12H24N2O/c1-10(2)13-7-4-5-12(15)14-8-6-11(3)9-14/h10-11,13H,4-9H2,1-3H3. The number of hydrogen-bond donors (Lipinski definition) is 1. The Morgan fingerprint density at radius 1 is 1.53 bits per heavy atom. The number of nitrogens with zero attached hydrogens (tertiary/aromatic N) is 1. The third kappa shape index (κ3) is 4.65. The monoisotopic (exact) mass is 212 g/mol. The molecule has 1 heterocycles. The Morgan fingerprint density at radius 2 is 2.27 bits per heavy atom. The number of rotatable bonds is 5. The maximum atomic E-state index is 11.7. The second-order valence-corrected chi connectivity index (χ2v) is 4.95. The number of likely N-dealkylation sites (tertiary alicyclic amines) is 1. The lowest BCUT2D eigenvalue weighted by atomic mass is 10.2. The van der Waals surface area contributed by atoms with Crippen LogP contribution in [0.2, 0.25) is 0 Å². The SMILES string of the molecule is CC1CCN(C(=O)CCCNC(C)C)C1. The average molecular weight is 212 g/mol. The van der Waals surface area contributed by atoms with Crippen LogP contribution in [-0.2, 0) is 4.79 Å². The van der Waals surface area contributed by atoms with Crippen LogP contribution in [0.15, 0.2) is 0 Å². The van der Waals surface area contributed by atoms with Crippen LogP contribution >= 0.6 is 0 Å². The van der Waals surface area contributed by atoms with Gasteiger partial charge in [-0.1, -0.05) is 20.8 Å². The summed E-state index contributed by atoms with van der Waals surface area (Å²) in [6.07, 6.45) is 2.84. The predicted octanol–water partition coefficient (Wildman–Crippen LogP) is 1.63. The van der Waals surface area contributed by atoms with Gasteiger partial charge in [-0.25, -0.2) is 0 Å². The molecular weight excluding hydrogens is 188 g/mol. The van der Waals surface area contributed by atoms with Gasteiger partial charge in [0, 0.05) is 25.6 Å². The van der Waals surface area contributed by atoms with Crippen molar-refractivity contribution in [3.05, 3.63) is 0 Å². The van der Waals surface area contributed by atoms with Crippen molar-refractivity contribution in [3.8, 4) is 0 Å². The van der Waals surface area contributed by atoms with Gasteiger partial charge in [-0.3, -0.25) is 4.79 Å². The fourth-order valence-electron chi connectivity index (χ4n) is 1.95. The van der Waals surface area contributed by atoms with Crippen molar-refractivity contribution in [2.75, 3.05) is 19.6 Å². The van der Waals surface area contributed by atoms with Crippen LogP contribution in [0.1, 0.15) is 40.0 Å². The molecule has 1 fully saturated rings. The van der Waals surface area contributed by atoms with Crippen molar-refractivity contribution in [2.24, 2.45) is 5.92 Å². The molecule has 0 bridgehead atoms. The van der Waals surface area contributed by atoms with Crippen molar-refractivity contribution < 1.29 is 4.79 Å². The second kappa shape index (κ2) is 6.11. The highest BCUT2D eigenvalue weighted by Gasteiger charge is 2.22. The molecule has 1 aliphatic rings. The summed E-state index contributed by atoms with van der Waals surface area (Å²) in [6.45, 7) is 9.36. The van der Waals surface area contributed by atoms with Crippen molar-refractivity contribution in [2.45, 2.75) is 46.1 Å². The highest BCUT2D eigenvalue weighted by molar-refractivity contribution is 5.76. The van der Waals surface area contributed by atoms with E-state index in [1.165, 1.54) is 6.42 Å². The number of hydrogen-bond acceptors (Lipinski definition) is 2. The van der Waals surface area contributed by atoms with Gasteiger partial charge in [0.2, 0.25) is 5.91 Å². The van der Waals surface area contributed by atoms with Crippen LogP contribution < -0.4 is 5.32 Å². The Labute approximate surface area is 93.2 Å². The molecule has 1 aliphatic heterocycles. The van der Waals surface area contributed by atoms with E-state index in [2.05, 4.69) is 26.1 Å². The molecule has 0 aliphatic carbocycles. The van der Waals surface area contributed by atoms with E-state index in [1.807, 2.05) is 4.90 Å². The first-order valence-corrected chi connectivity index (χ1v) is 6.10. The largest absolute Gasteiger partial charge is 0.342 e. The molecule has 0 aromatic heterocycles. The number of carbonyl (C=O) groups excluding carboxylic acids is 1. The quantitative estimate of drug-likeness (QED) is 0.703. The Morgan fingerprint density at radius 3 is 2.80 bits per heavy atom. The summed E-state index contributed by atoms with van der Waals surface area (Å²) in [4.78, 5) is 13.7. The van der Waals surface area contributed by atoms with Gasteiger partial charge in [0.1, 0.15) is 0 Å². The van der Waals surface area contributed by atoms with Crippen LogP contribution in [-0.4, -0.2) is 36.5 Å². The first-order valence-electron chi connectivity index (χ1n) is 6.10. The summed E-state index contributed by atoms with van der Waals surface area (Å²) in [5.74, 6) is 1.03. The van der Waals surface area contributed by atoms with Crippen LogP contribution in [0.25, 0.3) is 0 Å². The fraction of sp³-hybridized carbons (Fsp3) is 0.917. The molecule has 3 heteroatoms. The zero-order chi connectivity index (χ0) is 11.3. The first kappa shape index (κ1) is 12.5. The summed E-state index contributed by atoms with van der Waals surface area (Å²) in [6, 6.07) is 0.520. The Kier molecular flexibility index (Phi) is 5.09. The summed E-state index contributed by atoms with van der Waals surface area (Å²) < 4.78 is 0. The third-order valence-electron chi connectivity index (χ3n) is 2.90. The van der Waals surface area contributed by atoms with Gasteiger partial charge in [0.25, 0.3) is 0 Å². The van der Waals surface area contributed by atoms with Gasteiger partial charge < -0.3 is 10.2 Å². The Bertz CT molecular complexity index is 204. The van der Waals surface area contributed by atoms with E-state index in [4.69, 9.17) is 0 Å². The molecule has 0 saturated carbocycles. The first-order chi connectivity index (χ1) is 7.09. The van der Waals surface area contributed by atoms with E-state index < -0.39 is 0 Å². The van der Waals surface area contributed by atoms with Gasteiger partial charge >= 0.3 is 0 Å². The van der Waals surface area contributed by atoms with Crippen LogP contribution in [0, 0.1) is 5.92 Å². The summed E-state index contributed by atoms with van der Waals surface area (Å²) in [7, 11) is 0. The molecule has 1 atom stereocenters. The molecule has 15 heavy (non-hydrogen) atoms. The average Bonchev–Trinajstić information content (AvgIpc) is 2.59. The molecule has 1 rings (SSSR count). The third-order valence-corrected chi connectivity index (χ3v) is 2.90. The fourth-order valence-corrected chi connectivity index (χ4v) is 1.95. The topological polar surface area (TPSA) is 32.3 Å². The number of nitrogens with one attached hydrogen (secondary N) is 1. The van der Waals surface area contributed by atoms with Crippen LogP contribution in [0.4, 0.5) is 0 Å². The molecule has 88 valence electrons. The number of amides is 1. The molecule has 1 N–H and O–H groups in total. The van der Waals surface area contributed by atoms with Crippen LogP contribution in [0.3, 0.4) is 0 Å². The second-order valence-electron chi connectivity index (χ2n) is 4.95. The molecule has 3 nitrogen and oxygen atoms in total. The van der Waals surface area contributed by atoms with E-state index in [-0.39, 0.29) is 0 Å². The smallest absolute Gasteiger partial charge is 0.222 e. The zero-order valence-electron chi connectivity index (χ0n) is 10.3. The van der Waals surface area contributed by atoms with Crippen molar-refractivity contribution in [1.82, 2.24) is 10.2 Å². The van der Waals surface area contributed by atoms with Crippen molar-refractivity contribution >= 4 is 5.91 Å². The summed E-state index contributed by atoms with van der Waals surface area (Å²) in [5, 5.41) is 3.33. The molecule has 1 unspecified atom stereocenters. The maximum Gasteiger partial charge on any atom is 0.222 e. The lowest BCUT2D eigenvalue weighted by Crippen LogP contribution is -2.30. The van der Waals surface area contributed by atoms with E-state index >= 15 is 0 Å². The summed E-state index contributed by atoms with van der Waals surface area (Å²) in [5.41, 5.74) is 0. The number of carbonyl (C=O) groups is 1. The van der Waals surface area contributed by atoms with Gasteiger partial charge in [0.15, 0.2) is 0 Å². The van der Waals surface area contributed by atoms with Crippen LogP contribution in [0.5, 0.6) is 0 Å². The minimum Gasteiger partial charge on any atom is -0.342 e. The Balaban J connectivity index is 2.08. The highest BCUT2D eigenvalue weighted by Crippen LogP contribution is 2.15. The lowest BCUT2D eigenvalue weighted by molar-refractivity contribution is -0.130. The molecule has 0 spiro atoms. The van der Waals surface area contributed by atoms with Gasteiger partial charge in [-0.2, -0.15) is 0 Å². The summed E-state index contributed by atoms with van der Waals surface area (Å²) >= 11 is 0. The van der Waals surface area contributed by atoms with Crippen molar-refractivity contribution in [3.63, 3.8) is 0 Å². The highest BCUT2D eigenvalue weighted by atomic mass is 16.2. The predicted molar refractivity (Wildman–Crippen MR) is 62.7 cm³/mol. The van der Waals surface area contributed by atoms with Gasteiger partial charge in [-0.05, 0) is 25.3 Å². The zero-order valence-corrected chi connectivity index (χ0v) is 10.3. The minimum atomic E-state index is 0.338. The van der Waals surface area contributed by atoms with Crippen molar-refractivity contribution in [1.29, 1.82) is 0 Å². The van der Waals surface area contributed by atoms with E-state index in [9.17, 15) is 4.79 Å². The maximum absolute atomic E-state index is 11.7. The van der Waals surface area contributed by atoms with E-state index in [0.29, 0.717) is 24.3 Å². The van der Waals surface area contributed by atoms with E-state index in [0.717, 1.165) is 26.1 Å². The molecule has 0 radical (unpaired) electrons. The normalized spacial score (nSPS) is 21.3. The molecule has 1 saturated heterocycles. The van der Waals surface area contributed by atoms with Gasteiger partial charge in [0.05, 0.1) is 0 Å². The molecule has 1 amide bonds. The molecule has 0 aromatic rings.